The van der Waals surface area contributed by atoms with Crippen molar-refractivity contribution in [3.05, 3.63) is 60.2 Å². The second-order valence-corrected chi connectivity index (χ2v) is 6.83. The molecule has 0 bridgehead atoms. The first-order valence-electron chi connectivity index (χ1n) is 8.74. The number of anilines is 1. The molecule has 0 spiro atoms. The Hall–Kier alpha value is -1.74. The highest BCUT2D eigenvalue weighted by molar-refractivity contribution is 14.0. The Labute approximate surface area is 182 Å². The van der Waals surface area contributed by atoms with Crippen LogP contribution in [0.5, 0.6) is 0 Å². The Bertz CT molecular complexity index is 725. The van der Waals surface area contributed by atoms with E-state index in [4.69, 9.17) is 0 Å². The highest BCUT2D eigenvalue weighted by Gasteiger charge is 2.00. The van der Waals surface area contributed by atoms with E-state index in [1.165, 1.54) is 11.8 Å². The molecule has 0 saturated carbocycles. The maximum Gasteiger partial charge on any atom is 0.221 e. The van der Waals surface area contributed by atoms with Gasteiger partial charge in [0.2, 0.25) is 5.91 Å². The van der Waals surface area contributed by atoms with Gasteiger partial charge in [0, 0.05) is 36.3 Å². The van der Waals surface area contributed by atoms with Gasteiger partial charge in [0.15, 0.2) is 5.96 Å². The Morgan fingerprint density at radius 2 is 1.85 bits per heavy atom. The van der Waals surface area contributed by atoms with Crippen molar-refractivity contribution in [2.75, 3.05) is 24.2 Å². The van der Waals surface area contributed by atoms with E-state index in [9.17, 15) is 4.79 Å². The number of nitrogens with one attached hydrogen (secondary N) is 3. The summed E-state index contributed by atoms with van der Waals surface area (Å²) in [4.78, 5) is 17.1. The summed E-state index contributed by atoms with van der Waals surface area (Å²) >= 11 is 1.82. The van der Waals surface area contributed by atoms with Crippen LogP contribution in [0.15, 0.2) is 64.5 Å². The van der Waals surface area contributed by atoms with Crippen molar-refractivity contribution in [3.63, 3.8) is 0 Å². The number of rotatable bonds is 8. The number of carbonyl (C=O) groups excluding carboxylic acids is 1. The number of aliphatic imine (C=N–C) groups is 1. The molecular weight excluding hydrogens is 471 g/mol. The monoisotopic (exact) mass is 498 g/mol. The molecule has 0 aliphatic carbocycles. The Kier molecular flexibility index (Phi) is 11.6. The quantitative estimate of drug-likeness (QED) is 0.169. The molecule has 0 aliphatic heterocycles. The average Bonchev–Trinajstić information content (AvgIpc) is 2.64. The van der Waals surface area contributed by atoms with Crippen LogP contribution in [0.4, 0.5) is 5.69 Å². The lowest BCUT2D eigenvalue weighted by Crippen LogP contribution is -2.38. The summed E-state index contributed by atoms with van der Waals surface area (Å²) in [6, 6.07) is 18.1. The van der Waals surface area contributed by atoms with Gasteiger partial charge in [-0.1, -0.05) is 30.3 Å². The molecule has 0 radical (unpaired) electrons. The minimum atomic E-state index is -0.0726. The molecule has 2 rings (SSSR count). The number of benzene rings is 2. The SMILES string of the molecule is CCNC(=NCc1cccc(NC(C)=O)c1)NCCSc1ccccc1.I. The van der Waals surface area contributed by atoms with E-state index < -0.39 is 0 Å². The largest absolute Gasteiger partial charge is 0.357 e. The van der Waals surface area contributed by atoms with Crippen molar-refractivity contribution >= 4 is 53.3 Å². The standard InChI is InChI=1S/C20H26N4OS.HI/c1-3-21-20(22-12-13-26-19-10-5-4-6-11-19)23-15-17-8-7-9-18(14-17)24-16(2)25;/h4-11,14H,3,12-13,15H2,1-2H3,(H,24,25)(H2,21,22,23);1H. The zero-order valence-corrected chi connectivity index (χ0v) is 18.8. The van der Waals surface area contributed by atoms with E-state index in [1.54, 1.807) is 0 Å². The molecule has 2 aromatic rings. The first kappa shape index (κ1) is 23.3. The summed E-state index contributed by atoms with van der Waals surface area (Å²) < 4.78 is 0. The molecule has 0 aromatic heterocycles. The molecule has 1 amide bonds. The van der Waals surface area contributed by atoms with Gasteiger partial charge >= 0.3 is 0 Å². The number of guanidine groups is 1. The van der Waals surface area contributed by atoms with Gasteiger partial charge in [-0.2, -0.15) is 0 Å². The normalized spacial score (nSPS) is 10.7. The van der Waals surface area contributed by atoms with E-state index in [0.29, 0.717) is 6.54 Å². The molecule has 2 aromatic carbocycles. The van der Waals surface area contributed by atoms with Crippen LogP contribution in [0.25, 0.3) is 0 Å². The van der Waals surface area contributed by atoms with Crippen molar-refractivity contribution in [1.82, 2.24) is 10.6 Å². The third-order valence-corrected chi connectivity index (χ3v) is 4.43. The van der Waals surface area contributed by atoms with Crippen molar-refractivity contribution in [1.29, 1.82) is 0 Å². The lowest BCUT2D eigenvalue weighted by atomic mass is 10.2. The third kappa shape index (κ3) is 9.67. The molecular formula is C20H27IN4OS. The smallest absolute Gasteiger partial charge is 0.221 e. The number of hydrogen-bond donors (Lipinski definition) is 3. The minimum absolute atomic E-state index is 0. The second-order valence-electron chi connectivity index (χ2n) is 5.67. The first-order chi connectivity index (χ1) is 12.7. The van der Waals surface area contributed by atoms with Gasteiger partial charge in [-0.05, 0) is 36.8 Å². The van der Waals surface area contributed by atoms with Gasteiger partial charge in [-0.25, -0.2) is 4.99 Å². The second kappa shape index (κ2) is 13.4. The summed E-state index contributed by atoms with van der Waals surface area (Å²) in [6.45, 7) is 5.74. The van der Waals surface area contributed by atoms with E-state index in [-0.39, 0.29) is 29.9 Å². The third-order valence-electron chi connectivity index (χ3n) is 3.42. The first-order valence-corrected chi connectivity index (χ1v) is 9.72. The number of carbonyl (C=O) groups is 1. The van der Waals surface area contributed by atoms with E-state index in [0.717, 1.165) is 36.1 Å². The predicted molar refractivity (Wildman–Crippen MR) is 126 cm³/mol. The summed E-state index contributed by atoms with van der Waals surface area (Å²) in [7, 11) is 0. The Morgan fingerprint density at radius 1 is 1.07 bits per heavy atom. The van der Waals surface area contributed by atoms with Crippen LogP contribution in [-0.4, -0.2) is 30.7 Å². The van der Waals surface area contributed by atoms with Crippen LogP contribution in [0, 0.1) is 0 Å². The van der Waals surface area contributed by atoms with Gasteiger partial charge in [0.25, 0.3) is 0 Å². The van der Waals surface area contributed by atoms with E-state index in [2.05, 4.69) is 45.2 Å². The molecule has 3 N–H and O–H groups in total. The van der Waals surface area contributed by atoms with Gasteiger partial charge < -0.3 is 16.0 Å². The zero-order chi connectivity index (χ0) is 18.6. The lowest BCUT2D eigenvalue weighted by Gasteiger charge is -2.11. The van der Waals surface area contributed by atoms with Crippen molar-refractivity contribution < 1.29 is 4.79 Å². The van der Waals surface area contributed by atoms with Gasteiger partial charge in [0.1, 0.15) is 0 Å². The van der Waals surface area contributed by atoms with Crippen LogP contribution in [-0.2, 0) is 11.3 Å². The number of nitrogens with zero attached hydrogens (tertiary/aromatic N) is 1. The van der Waals surface area contributed by atoms with Crippen LogP contribution in [0.1, 0.15) is 19.4 Å². The van der Waals surface area contributed by atoms with Crippen LogP contribution in [0.3, 0.4) is 0 Å². The number of thioether (sulfide) groups is 1. The minimum Gasteiger partial charge on any atom is -0.357 e. The molecule has 0 atom stereocenters. The van der Waals surface area contributed by atoms with Gasteiger partial charge in [-0.3, -0.25) is 4.79 Å². The zero-order valence-electron chi connectivity index (χ0n) is 15.7. The fourth-order valence-electron chi connectivity index (χ4n) is 2.32. The molecule has 5 nitrogen and oxygen atoms in total. The van der Waals surface area contributed by atoms with Crippen LogP contribution < -0.4 is 16.0 Å². The molecule has 146 valence electrons. The molecule has 0 fully saturated rings. The maximum atomic E-state index is 11.2. The molecule has 27 heavy (non-hydrogen) atoms. The van der Waals surface area contributed by atoms with Crippen molar-refractivity contribution in [3.8, 4) is 0 Å². The van der Waals surface area contributed by atoms with E-state index in [1.807, 2.05) is 49.0 Å². The number of hydrogen-bond acceptors (Lipinski definition) is 3. The Morgan fingerprint density at radius 3 is 2.56 bits per heavy atom. The molecule has 7 heteroatoms. The summed E-state index contributed by atoms with van der Waals surface area (Å²) in [6.07, 6.45) is 0. The fourth-order valence-corrected chi connectivity index (χ4v) is 3.11. The highest BCUT2D eigenvalue weighted by Crippen LogP contribution is 2.15. The van der Waals surface area contributed by atoms with Crippen molar-refractivity contribution in [2.45, 2.75) is 25.3 Å². The molecule has 0 aliphatic rings. The summed E-state index contributed by atoms with van der Waals surface area (Å²) in [5.41, 5.74) is 1.84. The number of halogens is 1. The molecule has 0 saturated heterocycles. The number of amides is 1. The van der Waals surface area contributed by atoms with Gasteiger partial charge in [-0.15, -0.1) is 35.7 Å². The maximum absolute atomic E-state index is 11.2. The van der Waals surface area contributed by atoms with Gasteiger partial charge in [0.05, 0.1) is 6.54 Å². The molecule has 0 unspecified atom stereocenters. The summed E-state index contributed by atoms with van der Waals surface area (Å²) in [5.74, 6) is 1.69. The lowest BCUT2D eigenvalue weighted by molar-refractivity contribution is -0.114. The topological polar surface area (TPSA) is 65.5 Å². The summed E-state index contributed by atoms with van der Waals surface area (Å²) in [5, 5.41) is 9.41. The predicted octanol–water partition coefficient (Wildman–Crippen LogP) is 4.11. The molecule has 0 heterocycles. The highest BCUT2D eigenvalue weighted by atomic mass is 127. The average molecular weight is 498 g/mol. The van der Waals surface area contributed by atoms with E-state index >= 15 is 0 Å². The van der Waals surface area contributed by atoms with Crippen molar-refractivity contribution in [2.24, 2.45) is 4.99 Å². The fraction of sp³-hybridized carbons (Fsp3) is 0.300. The van der Waals surface area contributed by atoms with Crippen LogP contribution >= 0.6 is 35.7 Å². The Balaban J connectivity index is 0.00000364. The van der Waals surface area contributed by atoms with Crippen LogP contribution in [0.2, 0.25) is 0 Å².